The standard InChI is InChI=1S/C18H11N5O3S/c24-16-10-14(7-6-12-3-2-8-19-11-12)20-18-22(16)21-17(27-18)13-4-1-5-15(9-13)23(25)26/h1-11H/b7-6+. The maximum atomic E-state index is 12.3. The number of aromatic nitrogens is 4. The number of hydrogen-bond acceptors (Lipinski definition) is 7. The highest BCUT2D eigenvalue weighted by Crippen LogP contribution is 2.27. The first kappa shape index (κ1) is 16.7. The monoisotopic (exact) mass is 377 g/mol. The predicted molar refractivity (Wildman–Crippen MR) is 102 cm³/mol. The summed E-state index contributed by atoms with van der Waals surface area (Å²) in [4.78, 5) is 31.7. The molecule has 4 aromatic rings. The van der Waals surface area contributed by atoms with E-state index in [0.717, 1.165) is 5.56 Å². The Balaban J connectivity index is 1.74. The molecule has 132 valence electrons. The van der Waals surface area contributed by atoms with E-state index in [4.69, 9.17) is 0 Å². The Kier molecular flexibility index (Phi) is 4.27. The summed E-state index contributed by atoms with van der Waals surface area (Å²) in [6.07, 6.45) is 6.93. The topological polar surface area (TPSA) is 103 Å². The zero-order valence-electron chi connectivity index (χ0n) is 13.7. The summed E-state index contributed by atoms with van der Waals surface area (Å²) in [5.74, 6) is 0. The average molecular weight is 377 g/mol. The summed E-state index contributed by atoms with van der Waals surface area (Å²) in [6.45, 7) is 0. The minimum Gasteiger partial charge on any atom is -0.267 e. The van der Waals surface area contributed by atoms with Crippen LogP contribution in [0.5, 0.6) is 0 Å². The van der Waals surface area contributed by atoms with Crippen LogP contribution in [0.15, 0.2) is 59.7 Å². The molecule has 8 nitrogen and oxygen atoms in total. The van der Waals surface area contributed by atoms with Crippen molar-refractivity contribution >= 4 is 34.1 Å². The number of pyridine rings is 1. The van der Waals surface area contributed by atoms with Crippen LogP contribution in [0, 0.1) is 10.1 Å². The van der Waals surface area contributed by atoms with Gasteiger partial charge in [-0.05, 0) is 17.7 Å². The van der Waals surface area contributed by atoms with Crippen molar-refractivity contribution in [3.63, 3.8) is 0 Å². The van der Waals surface area contributed by atoms with Gasteiger partial charge in [-0.3, -0.25) is 19.9 Å². The Morgan fingerprint density at radius 2 is 2.04 bits per heavy atom. The Labute approximate surface area is 156 Å². The molecule has 0 spiro atoms. The fourth-order valence-electron chi connectivity index (χ4n) is 2.44. The molecule has 0 fully saturated rings. The normalized spacial score (nSPS) is 11.3. The molecular weight excluding hydrogens is 366 g/mol. The Hall–Kier alpha value is -3.72. The van der Waals surface area contributed by atoms with Crippen LogP contribution >= 0.6 is 11.3 Å². The van der Waals surface area contributed by atoms with E-state index in [9.17, 15) is 14.9 Å². The smallest absolute Gasteiger partial charge is 0.267 e. The van der Waals surface area contributed by atoms with Crippen LogP contribution in [-0.2, 0) is 0 Å². The van der Waals surface area contributed by atoms with Gasteiger partial charge in [-0.15, -0.1) is 0 Å². The van der Waals surface area contributed by atoms with Crippen molar-refractivity contribution < 1.29 is 4.92 Å². The lowest BCUT2D eigenvalue weighted by atomic mass is 10.2. The first-order chi connectivity index (χ1) is 13.1. The molecule has 0 amide bonds. The number of rotatable bonds is 4. The maximum absolute atomic E-state index is 12.3. The molecule has 0 aliphatic rings. The number of fused-ring (bicyclic) bond motifs is 1. The molecule has 3 aromatic heterocycles. The molecule has 27 heavy (non-hydrogen) atoms. The molecule has 0 unspecified atom stereocenters. The van der Waals surface area contributed by atoms with Gasteiger partial charge in [0.2, 0.25) is 4.96 Å². The summed E-state index contributed by atoms with van der Waals surface area (Å²) in [7, 11) is 0. The fraction of sp³-hybridized carbons (Fsp3) is 0. The van der Waals surface area contributed by atoms with Crippen LogP contribution < -0.4 is 5.56 Å². The van der Waals surface area contributed by atoms with Crippen molar-refractivity contribution in [3.05, 3.63) is 86.6 Å². The third kappa shape index (κ3) is 3.48. The first-order valence-corrected chi connectivity index (χ1v) is 8.66. The summed E-state index contributed by atoms with van der Waals surface area (Å²) in [6, 6.07) is 11.2. The van der Waals surface area contributed by atoms with Crippen LogP contribution in [0.3, 0.4) is 0 Å². The Morgan fingerprint density at radius 3 is 2.81 bits per heavy atom. The predicted octanol–water partition coefficient (Wildman–Crippen LogP) is 3.29. The van der Waals surface area contributed by atoms with Crippen LogP contribution in [0.1, 0.15) is 11.3 Å². The van der Waals surface area contributed by atoms with Gasteiger partial charge in [-0.1, -0.05) is 35.6 Å². The van der Waals surface area contributed by atoms with Crippen LogP contribution in [0.25, 0.3) is 27.7 Å². The maximum Gasteiger partial charge on any atom is 0.275 e. The minimum absolute atomic E-state index is 0.0350. The van der Waals surface area contributed by atoms with Gasteiger partial charge >= 0.3 is 0 Å². The SMILES string of the molecule is O=c1cc(/C=C/c2cccnc2)nc2sc(-c3cccc([N+](=O)[O-])c3)nn12. The van der Waals surface area contributed by atoms with Crippen LogP contribution in [0.4, 0.5) is 5.69 Å². The fourth-order valence-corrected chi connectivity index (χ4v) is 3.35. The molecule has 1 aromatic carbocycles. The average Bonchev–Trinajstić information content (AvgIpc) is 3.12. The summed E-state index contributed by atoms with van der Waals surface area (Å²) in [5, 5.41) is 15.7. The van der Waals surface area contributed by atoms with Crippen molar-refractivity contribution in [2.75, 3.05) is 0 Å². The molecule has 0 bridgehead atoms. The zero-order chi connectivity index (χ0) is 18.8. The van der Waals surface area contributed by atoms with E-state index in [1.165, 1.54) is 34.1 Å². The van der Waals surface area contributed by atoms with Crippen molar-refractivity contribution in [2.24, 2.45) is 0 Å². The number of non-ortho nitro benzene ring substituents is 1. The van der Waals surface area contributed by atoms with Crippen LogP contribution in [-0.4, -0.2) is 24.5 Å². The van der Waals surface area contributed by atoms with Gasteiger partial charge < -0.3 is 0 Å². The molecule has 0 atom stereocenters. The number of hydrogen-bond donors (Lipinski definition) is 0. The molecule has 4 rings (SSSR count). The number of nitrogens with zero attached hydrogens (tertiary/aromatic N) is 5. The van der Waals surface area contributed by atoms with Gasteiger partial charge in [0.05, 0.1) is 10.6 Å². The highest BCUT2D eigenvalue weighted by molar-refractivity contribution is 7.19. The van der Waals surface area contributed by atoms with Crippen molar-refractivity contribution in [3.8, 4) is 10.6 Å². The number of nitro benzene ring substituents is 1. The van der Waals surface area contributed by atoms with Crippen molar-refractivity contribution in [1.29, 1.82) is 0 Å². The molecule has 3 heterocycles. The number of benzene rings is 1. The third-order valence-electron chi connectivity index (χ3n) is 3.70. The molecule has 9 heteroatoms. The number of nitro groups is 1. The molecule has 0 aliphatic heterocycles. The van der Waals surface area contributed by atoms with E-state index in [-0.39, 0.29) is 11.2 Å². The van der Waals surface area contributed by atoms with Gasteiger partial charge in [0, 0.05) is 36.2 Å². The molecule has 0 aliphatic carbocycles. The highest BCUT2D eigenvalue weighted by atomic mass is 32.1. The summed E-state index contributed by atoms with van der Waals surface area (Å²) >= 11 is 1.19. The minimum atomic E-state index is -0.470. The van der Waals surface area contributed by atoms with Gasteiger partial charge in [0.1, 0.15) is 5.01 Å². The van der Waals surface area contributed by atoms with E-state index in [1.54, 1.807) is 30.6 Å². The lowest BCUT2D eigenvalue weighted by molar-refractivity contribution is -0.384. The zero-order valence-corrected chi connectivity index (χ0v) is 14.5. The van der Waals surface area contributed by atoms with Gasteiger partial charge in [0.15, 0.2) is 0 Å². The van der Waals surface area contributed by atoms with E-state index < -0.39 is 4.92 Å². The van der Waals surface area contributed by atoms with Gasteiger partial charge in [0.25, 0.3) is 11.2 Å². The Morgan fingerprint density at radius 1 is 1.15 bits per heavy atom. The van der Waals surface area contributed by atoms with Crippen molar-refractivity contribution in [2.45, 2.75) is 0 Å². The van der Waals surface area contributed by atoms with Gasteiger partial charge in [-0.2, -0.15) is 9.61 Å². The molecule has 0 saturated heterocycles. The quantitative estimate of drug-likeness (QED) is 0.399. The third-order valence-corrected chi connectivity index (χ3v) is 4.66. The second kappa shape index (κ2) is 6.89. The van der Waals surface area contributed by atoms with E-state index in [2.05, 4.69) is 15.1 Å². The van der Waals surface area contributed by atoms with Gasteiger partial charge in [-0.25, -0.2) is 4.98 Å². The second-order valence-corrected chi connectivity index (χ2v) is 6.50. The summed E-state index contributed by atoms with van der Waals surface area (Å²) in [5.41, 5.74) is 1.59. The first-order valence-electron chi connectivity index (χ1n) is 7.84. The highest BCUT2D eigenvalue weighted by Gasteiger charge is 2.13. The van der Waals surface area contributed by atoms with Crippen LogP contribution in [0.2, 0.25) is 0 Å². The molecule has 0 N–H and O–H groups in total. The van der Waals surface area contributed by atoms with Crippen molar-refractivity contribution in [1.82, 2.24) is 19.6 Å². The summed E-state index contributed by atoms with van der Waals surface area (Å²) < 4.78 is 1.19. The second-order valence-electron chi connectivity index (χ2n) is 5.55. The molecule has 0 radical (unpaired) electrons. The lowest BCUT2D eigenvalue weighted by Gasteiger charge is -1.95. The van der Waals surface area contributed by atoms with E-state index >= 15 is 0 Å². The van der Waals surface area contributed by atoms with E-state index in [0.29, 0.717) is 21.2 Å². The lowest BCUT2D eigenvalue weighted by Crippen LogP contribution is -2.14. The molecular formula is C18H11N5O3S. The largest absolute Gasteiger partial charge is 0.275 e. The Bertz CT molecular complexity index is 1230. The van der Waals surface area contributed by atoms with E-state index in [1.807, 2.05) is 18.2 Å². The molecule has 0 saturated carbocycles.